The second-order valence-electron chi connectivity index (χ2n) is 9.61. The third-order valence-electron chi connectivity index (χ3n) is 5.23. The molecular formula is C23H31N3O3. The van der Waals surface area contributed by atoms with Gasteiger partial charge in [-0.3, -0.25) is 0 Å². The monoisotopic (exact) mass is 397 g/mol. The molecule has 0 aliphatic heterocycles. The average molecular weight is 398 g/mol. The maximum Gasteiger partial charge on any atom is 0.158 e. The van der Waals surface area contributed by atoms with Crippen LogP contribution < -0.4 is 0 Å². The van der Waals surface area contributed by atoms with E-state index in [9.17, 15) is 15.3 Å². The third kappa shape index (κ3) is 3.87. The number of pyridine rings is 1. The predicted molar refractivity (Wildman–Crippen MR) is 115 cm³/mol. The number of fused-ring (bicyclic) bond motifs is 1. The third-order valence-corrected chi connectivity index (χ3v) is 5.23. The van der Waals surface area contributed by atoms with Crippen molar-refractivity contribution in [1.82, 2.24) is 14.8 Å². The Hall–Kier alpha value is -2.44. The van der Waals surface area contributed by atoms with Gasteiger partial charge in [-0.1, -0.05) is 41.5 Å². The Bertz CT molecular complexity index is 987. The molecule has 156 valence electrons. The van der Waals surface area contributed by atoms with Crippen LogP contribution in [0.15, 0.2) is 30.5 Å². The lowest BCUT2D eigenvalue weighted by Crippen LogP contribution is -2.19. The molecule has 3 aromatic rings. The molecule has 3 rings (SSSR count). The number of phenols is 1. The number of aromatic nitrogens is 3. The molecule has 0 saturated carbocycles. The van der Waals surface area contributed by atoms with E-state index in [1.54, 1.807) is 10.9 Å². The van der Waals surface area contributed by atoms with Gasteiger partial charge in [-0.15, -0.1) is 0 Å². The van der Waals surface area contributed by atoms with Gasteiger partial charge in [0.15, 0.2) is 5.65 Å². The highest BCUT2D eigenvalue weighted by Gasteiger charge is 2.28. The van der Waals surface area contributed by atoms with E-state index in [1.165, 1.54) is 0 Å². The molecule has 6 nitrogen and oxygen atoms in total. The molecule has 0 spiro atoms. The minimum atomic E-state index is -0.567. The molecule has 0 saturated heterocycles. The number of hydrogen-bond donors (Lipinski definition) is 3. The fraction of sp³-hybridized carbons (Fsp3) is 0.478. The van der Waals surface area contributed by atoms with Crippen LogP contribution in [0.25, 0.3) is 22.3 Å². The molecule has 0 aliphatic rings. The largest absolute Gasteiger partial charge is 0.507 e. The molecule has 2 aromatic heterocycles. The molecule has 1 aromatic carbocycles. The Morgan fingerprint density at radius 2 is 1.52 bits per heavy atom. The lowest BCUT2D eigenvalue weighted by Gasteiger charge is -2.28. The number of phenolic OH excluding ortho intramolecular Hbond substituents is 1. The van der Waals surface area contributed by atoms with Crippen molar-refractivity contribution in [1.29, 1.82) is 0 Å². The Balaban J connectivity index is 2.36. The van der Waals surface area contributed by atoms with Gasteiger partial charge < -0.3 is 15.3 Å². The zero-order chi connectivity index (χ0) is 21.6. The van der Waals surface area contributed by atoms with E-state index >= 15 is 0 Å². The highest BCUT2D eigenvalue weighted by Crippen LogP contribution is 2.42. The number of aliphatic hydroxyl groups excluding tert-OH is 2. The molecule has 0 atom stereocenters. The fourth-order valence-corrected chi connectivity index (χ4v) is 3.57. The van der Waals surface area contributed by atoms with Crippen molar-refractivity contribution in [2.45, 2.75) is 58.4 Å². The van der Waals surface area contributed by atoms with Gasteiger partial charge in [-0.05, 0) is 35.1 Å². The van der Waals surface area contributed by atoms with Gasteiger partial charge in [0.25, 0.3) is 0 Å². The van der Waals surface area contributed by atoms with Crippen LogP contribution in [0.1, 0.15) is 58.7 Å². The van der Waals surface area contributed by atoms with Gasteiger partial charge in [-0.25, -0.2) is 9.67 Å². The zero-order valence-corrected chi connectivity index (χ0v) is 18.1. The molecule has 0 aliphatic carbocycles. The lowest BCUT2D eigenvalue weighted by molar-refractivity contribution is 0.149. The minimum Gasteiger partial charge on any atom is -0.507 e. The molecule has 2 heterocycles. The second-order valence-corrected chi connectivity index (χ2v) is 9.61. The predicted octanol–water partition coefficient (Wildman–Crippen LogP) is 3.92. The number of nitrogens with zero attached hydrogens (tertiary/aromatic N) is 3. The smallest absolute Gasteiger partial charge is 0.158 e. The van der Waals surface area contributed by atoms with E-state index in [0.717, 1.165) is 27.8 Å². The molecule has 0 unspecified atom stereocenters. The summed E-state index contributed by atoms with van der Waals surface area (Å²) in [5, 5.41) is 35.9. The average Bonchev–Trinajstić information content (AvgIpc) is 3.01. The van der Waals surface area contributed by atoms with Crippen molar-refractivity contribution in [3.05, 3.63) is 41.6 Å². The molecule has 0 bridgehead atoms. The highest BCUT2D eigenvalue weighted by atomic mass is 16.3. The minimum absolute atomic E-state index is 0.237. The van der Waals surface area contributed by atoms with Crippen molar-refractivity contribution in [2.24, 2.45) is 0 Å². The normalized spacial score (nSPS) is 12.9. The quantitative estimate of drug-likeness (QED) is 0.621. The van der Waals surface area contributed by atoms with Crippen LogP contribution in [0.5, 0.6) is 5.75 Å². The van der Waals surface area contributed by atoms with Crippen LogP contribution in [0.3, 0.4) is 0 Å². The summed E-state index contributed by atoms with van der Waals surface area (Å²) in [7, 11) is 0. The summed E-state index contributed by atoms with van der Waals surface area (Å²) in [6.07, 6.45) is 1.67. The summed E-state index contributed by atoms with van der Waals surface area (Å²) in [6, 6.07) is 7.18. The number of aliphatic hydroxyl groups is 2. The Kier molecular flexibility index (Phi) is 5.45. The highest BCUT2D eigenvalue weighted by molar-refractivity contribution is 5.91. The van der Waals surface area contributed by atoms with Gasteiger partial charge in [0, 0.05) is 28.3 Å². The lowest BCUT2D eigenvalue weighted by atomic mass is 9.78. The SMILES string of the molecule is CC(C)(C)c1cc(-c2nn(C(CO)CO)c3ncccc23)cc(C(C)(C)C)c1O. The summed E-state index contributed by atoms with van der Waals surface area (Å²) in [5.74, 6) is 0.319. The topological polar surface area (TPSA) is 91.4 Å². The molecule has 0 amide bonds. The van der Waals surface area contributed by atoms with Crippen molar-refractivity contribution in [3.63, 3.8) is 0 Å². The number of rotatable bonds is 4. The maximum absolute atomic E-state index is 11.0. The van der Waals surface area contributed by atoms with Crippen LogP contribution in [-0.4, -0.2) is 43.3 Å². The molecule has 3 N–H and O–H groups in total. The maximum atomic E-state index is 11.0. The first-order chi connectivity index (χ1) is 13.5. The van der Waals surface area contributed by atoms with Gasteiger partial charge in [0.1, 0.15) is 17.5 Å². The van der Waals surface area contributed by atoms with Gasteiger partial charge in [-0.2, -0.15) is 5.10 Å². The van der Waals surface area contributed by atoms with Crippen LogP contribution in [0.2, 0.25) is 0 Å². The summed E-state index contributed by atoms with van der Waals surface area (Å²) >= 11 is 0. The van der Waals surface area contributed by atoms with Crippen molar-refractivity contribution >= 4 is 11.0 Å². The Morgan fingerprint density at radius 1 is 0.966 bits per heavy atom. The van der Waals surface area contributed by atoms with Crippen molar-refractivity contribution in [2.75, 3.05) is 13.2 Å². The number of aromatic hydroxyl groups is 1. The summed E-state index contributed by atoms with van der Waals surface area (Å²) in [6.45, 7) is 12.0. The van der Waals surface area contributed by atoms with E-state index in [1.807, 2.05) is 24.3 Å². The zero-order valence-electron chi connectivity index (χ0n) is 18.1. The fourth-order valence-electron chi connectivity index (χ4n) is 3.57. The van der Waals surface area contributed by atoms with Crippen LogP contribution in [-0.2, 0) is 10.8 Å². The van der Waals surface area contributed by atoms with Crippen LogP contribution in [0.4, 0.5) is 0 Å². The summed E-state index contributed by atoms with van der Waals surface area (Å²) < 4.78 is 1.59. The number of hydrogen-bond acceptors (Lipinski definition) is 5. The van der Waals surface area contributed by atoms with Crippen LogP contribution in [0, 0.1) is 0 Å². The Labute approximate surface area is 171 Å². The van der Waals surface area contributed by atoms with Gasteiger partial charge in [0.2, 0.25) is 0 Å². The first kappa shape index (κ1) is 21.3. The summed E-state index contributed by atoms with van der Waals surface area (Å²) in [4.78, 5) is 4.43. The molecule has 6 heteroatoms. The molecule has 29 heavy (non-hydrogen) atoms. The Morgan fingerprint density at radius 3 is 2.00 bits per heavy atom. The van der Waals surface area contributed by atoms with E-state index < -0.39 is 6.04 Å². The first-order valence-electron chi connectivity index (χ1n) is 9.92. The van der Waals surface area contributed by atoms with E-state index in [-0.39, 0.29) is 24.0 Å². The first-order valence-corrected chi connectivity index (χ1v) is 9.92. The van der Waals surface area contributed by atoms with Crippen molar-refractivity contribution < 1.29 is 15.3 Å². The van der Waals surface area contributed by atoms with Crippen LogP contribution >= 0.6 is 0 Å². The molecule has 0 radical (unpaired) electrons. The molecular weight excluding hydrogens is 366 g/mol. The van der Waals surface area contributed by atoms with E-state index in [2.05, 4.69) is 46.5 Å². The van der Waals surface area contributed by atoms with E-state index in [4.69, 9.17) is 5.10 Å². The van der Waals surface area contributed by atoms with Crippen molar-refractivity contribution in [3.8, 4) is 17.0 Å². The number of benzene rings is 1. The van der Waals surface area contributed by atoms with E-state index in [0.29, 0.717) is 11.4 Å². The molecule has 0 fully saturated rings. The summed E-state index contributed by atoms with van der Waals surface area (Å²) in [5.41, 5.74) is 3.41. The standard InChI is InChI=1S/C23H31N3O3/c1-22(2,3)17-10-14(11-18(20(17)29)23(4,5)6)19-16-8-7-9-24-21(16)26(25-19)15(12-27)13-28/h7-11,15,27-29H,12-13H2,1-6H3. The second kappa shape index (κ2) is 7.43. The van der Waals surface area contributed by atoms with Gasteiger partial charge >= 0.3 is 0 Å². The van der Waals surface area contributed by atoms with Gasteiger partial charge in [0.05, 0.1) is 13.2 Å².